The molecule has 0 aliphatic heterocycles. The van der Waals surface area contributed by atoms with E-state index in [2.05, 4.69) is 13.8 Å². The van der Waals surface area contributed by atoms with Crippen LogP contribution in [0.25, 0.3) is 0 Å². The summed E-state index contributed by atoms with van der Waals surface area (Å²) in [6.07, 6.45) is -0.501. The normalized spacial score (nSPS) is 14.1. The predicted octanol–water partition coefficient (Wildman–Crippen LogP) is -0.0214. The van der Waals surface area contributed by atoms with Gasteiger partial charge in [0.2, 0.25) is 0 Å². The number of aliphatic hydroxyl groups excluding tert-OH is 1. The largest absolute Gasteiger partial charge is 0.389 e. The van der Waals surface area contributed by atoms with Gasteiger partial charge in [0.1, 0.15) is 0 Å². The van der Waals surface area contributed by atoms with Crippen molar-refractivity contribution in [3.63, 3.8) is 0 Å². The molecule has 0 spiro atoms. The van der Waals surface area contributed by atoms with Crippen molar-refractivity contribution in [1.29, 1.82) is 0 Å². The Kier molecular flexibility index (Phi) is 5.58. The predicted molar refractivity (Wildman–Crippen MR) is 40.7 cm³/mol. The number of ether oxygens (including phenoxy) is 1. The van der Waals surface area contributed by atoms with Gasteiger partial charge in [-0.15, -0.1) is 0 Å². The van der Waals surface area contributed by atoms with E-state index in [0.29, 0.717) is 19.1 Å². The van der Waals surface area contributed by atoms with Crippen molar-refractivity contribution >= 4 is 0 Å². The third-order valence-electron chi connectivity index (χ3n) is 1.03. The highest BCUT2D eigenvalue weighted by atomic mass is 16.5. The van der Waals surface area contributed by atoms with Crippen LogP contribution in [0.1, 0.15) is 13.8 Å². The number of hydrogen-bond acceptors (Lipinski definition) is 3. The minimum atomic E-state index is -0.501. The maximum Gasteiger partial charge on any atom is 0.0895 e. The van der Waals surface area contributed by atoms with Crippen LogP contribution in [0.2, 0.25) is 0 Å². The minimum absolute atomic E-state index is 0.276. The molecule has 0 rings (SSSR count). The first-order valence-corrected chi connectivity index (χ1v) is 3.62. The van der Waals surface area contributed by atoms with Gasteiger partial charge in [-0.1, -0.05) is 13.8 Å². The fourth-order valence-electron chi connectivity index (χ4n) is 0.508. The van der Waals surface area contributed by atoms with Crippen molar-refractivity contribution in [2.24, 2.45) is 11.7 Å². The molecule has 1 unspecified atom stereocenters. The van der Waals surface area contributed by atoms with Crippen molar-refractivity contribution in [2.75, 3.05) is 19.8 Å². The third-order valence-corrected chi connectivity index (χ3v) is 1.03. The standard InChI is InChI=1S/C7H17NO2/c1-6(2)4-10-5-7(9)3-8/h6-7,9H,3-5,8H2,1-2H3. The van der Waals surface area contributed by atoms with Gasteiger partial charge in [0.05, 0.1) is 12.7 Å². The Morgan fingerprint density at radius 2 is 2.00 bits per heavy atom. The molecule has 0 bridgehead atoms. The second-order valence-electron chi connectivity index (χ2n) is 2.82. The average Bonchev–Trinajstić information content (AvgIpc) is 1.87. The zero-order chi connectivity index (χ0) is 7.98. The number of hydrogen-bond donors (Lipinski definition) is 2. The van der Waals surface area contributed by atoms with E-state index < -0.39 is 6.10 Å². The van der Waals surface area contributed by atoms with E-state index >= 15 is 0 Å². The molecule has 10 heavy (non-hydrogen) atoms. The summed E-state index contributed by atoms with van der Waals surface area (Å²) >= 11 is 0. The van der Waals surface area contributed by atoms with Crippen LogP contribution in [0, 0.1) is 5.92 Å². The molecule has 0 saturated carbocycles. The van der Waals surface area contributed by atoms with E-state index in [1.165, 1.54) is 0 Å². The summed E-state index contributed by atoms with van der Waals surface area (Å²) in [6, 6.07) is 0. The lowest BCUT2D eigenvalue weighted by molar-refractivity contribution is 0.0300. The molecule has 3 nitrogen and oxygen atoms in total. The van der Waals surface area contributed by atoms with Crippen LogP contribution in [0.15, 0.2) is 0 Å². The highest BCUT2D eigenvalue weighted by molar-refractivity contribution is 4.52. The molecular weight excluding hydrogens is 130 g/mol. The van der Waals surface area contributed by atoms with E-state index in [0.717, 1.165) is 0 Å². The SMILES string of the molecule is CC(C)COCC(O)CN. The Morgan fingerprint density at radius 1 is 1.40 bits per heavy atom. The van der Waals surface area contributed by atoms with Crippen molar-refractivity contribution < 1.29 is 9.84 Å². The molecule has 0 heterocycles. The Balaban J connectivity index is 3.03. The first-order valence-electron chi connectivity index (χ1n) is 3.62. The second kappa shape index (κ2) is 5.65. The molecule has 62 valence electrons. The average molecular weight is 147 g/mol. The van der Waals surface area contributed by atoms with Gasteiger partial charge in [-0.05, 0) is 5.92 Å². The number of nitrogens with two attached hydrogens (primary N) is 1. The van der Waals surface area contributed by atoms with E-state index in [-0.39, 0.29) is 6.54 Å². The molecule has 3 N–H and O–H groups in total. The second-order valence-corrected chi connectivity index (χ2v) is 2.82. The highest BCUT2D eigenvalue weighted by Gasteiger charge is 2.00. The molecule has 3 heteroatoms. The van der Waals surface area contributed by atoms with Crippen LogP contribution in [0.5, 0.6) is 0 Å². The molecule has 0 aliphatic rings. The molecule has 0 saturated heterocycles. The lowest BCUT2D eigenvalue weighted by atomic mass is 10.2. The maximum absolute atomic E-state index is 8.92. The van der Waals surface area contributed by atoms with Crippen LogP contribution >= 0.6 is 0 Å². The number of rotatable bonds is 5. The first kappa shape index (κ1) is 9.88. The van der Waals surface area contributed by atoms with Gasteiger partial charge in [-0.2, -0.15) is 0 Å². The summed E-state index contributed by atoms with van der Waals surface area (Å²) < 4.78 is 5.12. The monoisotopic (exact) mass is 147 g/mol. The zero-order valence-corrected chi connectivity index (χ0v) is 6.71. The summed E-state index contributed by atoms with van der Waals surface area (Å²) in [5.74, 6) is 0.518. The van der Waals surface area contributed by atoms with Crippen LogP contribution in [-0.4, -0.2) is 31.0 Å². The van der Waals surface area contributed by atoms with Crippen molar-refractivity contribution in [1.82, 2.24) is 0 Å². The Labute approximate surface area is 62.2 Å². The molecule has 0 aromatic carbocycles. The van der Waals surface area contributed by atoms with Crippen molar-refractivity contribution in [2.45, 2.75) is 20.0 Å². The molecule has 0 amide bonds. The molecule has 0 aromatic heterocycles. The molecule has 0 fully saturated rings. The van der Waals surface area contributed by atoms with Crippen LogP contribution in [-0.2, 0) is 4.74 Å². The number of aliphatic hydroxyl groups is 1. The van der Waals surface area contributed by atoms with Gasteiger partial charge >= 0.3 is 0 Å². The van der Waals surface area contributed by atoms with Crippen molar-refractivity contribution in [3.8, 4) is 0 Å². The van der Waals surface area contributed by atoms with E-state index in [1.807, 2.05) is 0 Å². The smallest absolute Gasteiger partial charge is 0.0895 e. The molecular formula is C7H17NO2. The van der Waals surface area contributed by atoms with E-state index in [9.17, 15) is 0 Å². The fraction of sp³-hybridized carbons (Fsp3) is 1.00. The van der Waals surface area contributed by atoms with Gasteiger partial charge in [-0.25, -0.2) is 0 Å². The third kappa shape index (κ3) is 6.01. The van der Waals surface area contributed by atoms with Crippen LogP contribution in [0.3, 0.4) is 0 Å². The van der Waals surface area contributed by atoms with Gasteiger partial charge in [-0.3, -0.25) is 0 Å². The summed E-state index contributed by atoms with van der Waals surface area (Å²) in [6.45, 7) is 5.45. The minimum Gasteiger partial charge on any atom is -0.389 e. The lowest BCUT2D eigenvalue weighted by Crippen LogP contribution is -2.25. The summed E-state index contributed by atoms with van der Waals surface area (Å²) in [7, 11) is 0. The van der Waals surface area contributed by atoms with Gasteiger partial charge < -0.3 is 15.6 Å². The van der Waals surface area contributed by atoms with E-state index in [1.54, 1.807) is 0 Å². The molecule has 0 aliphatic carbocycles. The van der Waals surface area contributed by atoms with Gasteiger partial charge in [0.15, 0.2) is 0 Å². The quantitative estimate of drug-likeness (QED) is 0.574. The van der Waals surface area contributed by atoms with Gasteiger partial charge in [0.25, 0.3) is 0 Å². The first-order chi connectivity index (χ1) is 4.66. The lowest BCUT2D eigenvalue weighted by Gasteiger charge is -2.09. The Bertz CT molecular complexity index is 76.0. The Morgan fingerprint density at radius 3 is 2.40 bits per heavy atom. The summed E-state index contributed by atoms with van der Waals surface area (Å²) in [5, 5.41) is 8.92. The van der Waals surface area contributed by atoms with Gasteiger partial charge in [0, 0.05) is 13.2 Å². The topological polar surface area (TPSA) is 55.5 Å². The molecule has 0 aromatic rings. The van der Waals surface area contributed by atoms with Crippen LogP contribution in [0.4, 0.5) is 0 Å². The maximum atomic E-state index is 8.92. The summed E-state index contributed by atoms with van der Waals surface area (Å²) in [4.78, 5) is 0. The summed E-state index contributed by atoms with van der Waals surface area (Å²) in [5.41, 5.74) is 5.16. The van der Waals surface area contributed by atoms with Crippen molar-refractivity contribution in [3.05, 3.63) is 0 Å². The Hall–Kier alpha value is -0.120. The fourth-order valence-corrected chi connectivity index (χ4v) is 0.508. The van der Waals surface area contributed by atoms with E-state index in [4.69, 9.17) is 15.6 Å². The zero-order valence-electron chi connectivity index (χ0n) is 6.71. The van der Waals surface area contributed by atoms with Crippen LogP contribution < -0.4 is 5.73 Å². The molecule has 0 radical (unpaired) electrons. The highest BCUT2D eigenvalue weighted by Crippen LogP contribution is 1.92. The molecule has 1 atom stereocenters.